The number of nitrogens with zero attached hydrogens (tertiary/aromatic N) is 4. The molecule has 27 heavy (non-hydrogen) atoms. The number of rotatable bonds is 3. The smallest absolute Gasteiger partial charge is 0.277 e. The predicted molar refractivity (Wildman–Crippen MR) is 98.8 cm³/mol. The summed E-state index contributed by atoms with van der Waals surface area (Å²) in [5.74, 6) is -1.16. The van der Waals surface area contributed by atoms with Gasteiger partial charge in [0.05, 0.1) is 6.10 Å². The lowest BCUT2D eigenvalue weighted by atomic mass is 10.2. The van der Waals surface area contributed by atoms with E-state index in [0.29, 0.717) is 31.8 Å². The van der Waals surface area contributed by atoms with Crippen molar-refractivity contribution < 1.29 is 14.3 Å². The Labute approximate surface area is 156 Å². The highest BCUT2D eigenvalue weighted by Gasteiger charge is 2.29. The zero-order chi connectivity index (χ0) is 18.8. The molecule has 1 aliphatic heterocycles. The predicted octanol–water partition coefficient (Wildman–Crippen LogP) is 1.79. The van der Waals surface area contributed by atoms with Gasteiger partial charge in [-0.15, -0.1) is 0 Å². The second kappa shape index (κ2) is 7.46. The number of pyridine rings is 1. The van der Waals surface area contributed by atoms with E-state index >= 15 is 0 Å². The van der Waals surface area contributed by atoms with Crippen molar-refractivity contribution in [2.75, 3.05) is 26.2 Å². The minimum atomic E-state index is -0.694. The van der Waals surface area contributed by atoms with Crippen LogP contribution >= 0.6 is 0 Å². The molecular weight excluding hydrogens is 347 g/mol. The van der Waals surface area contributed by atoms with E-state index in [2.05, 4.69) is 9.88 Å². The minimum Gasteiger partial charge on any atom is -0.390 e. The van der Waals surface area contributed by atoms with E-state index in [1.54, 1.807) is 18.2 Å². The normalized spacial score (nSPS) is 18.6. The molecule has 1 N–H and O–H groups in total. The van der Waals surface area contributed by atoms with Gasteiger partial charge in [0.1, 0.15) is 5.65 Å². The maximum absolute atomic E-state index is 14.6. The first-order valence-electron chi connectivity index (χ1n) is 8.98. The van der Waals surface area contributed by atoms with Gasteiger partial charge in [0, 0.05) is 38.9 Å². The van der Waals surface area contributed by atoms with E-state index in [9.17, 15) is 14.3 Å². The van der Waals surface area contributed by atoms with Crippen LogP contribution in [0.2, 0.25) is 0 Å². The van der Waals surface area contributed by atoms with Gasteiger partial charge in [-0.25, -0.2) is 4.98 Å². The molecular formula is C20H21FN4O2. The number of aliphatic hydroxyl groups excluding tert-OH is 1. The number of imidazole rings is 1. The molecule has 1 amide bonds. The van der Waals surface area contributed by atoms with Crippen LogP contribution in [0, 0.1) is 5.95 Å². The molecule has 1 saturated heterocycles. The molecule has 4 rings (SSSR count). The van der Waals surface area contributed by atoms with Crippen molar-refractivity contribution in [3.8, 4) is 0 Å². The van der Waals surface area contributed by atoms with Crippen molar-refractivity contribution in [2.24, 2.45) is 0 Å². The van der Waals surface area contributed by atoms with Gasteiger partial charge in [0.2, 0.25) is 5.95 Å². The third-order valence-electron chi connectivity index (χ3n) is 4.80. The Balaban J connectivity index is 1.50. The van der Waals surface area contributed by atoms with E-state index in [1.807, 2.05) is 30.3 Å². The Bertz CT molecular complexity index is 944. The third-order valence-corrected chi connectivity index (χ3v) is 4.80. The van der Waals surface area contributed by atoms with Crippen molar-refractivity contribution in [3.05, 3.63) is 71.9 Å². The molecule has 2 aromatic heterocycles. The van der Waals surface area contributed by atoms with Crippen LogP contribution in [0.4, 0.5) is 4.39 Å². The van der Waals surface area contributed by atoms with Crippen LogP contribution in [-0.4, -0.2) is 62.5 Å². The topological polar surface area (TPSA) is 61.1 Å². The van der Waals surface area contributed by atoms with E-state index < -0.39 is 18.0 Å². The molecule has 7 heteroatoms. The maximum Gasteiger partial charge on any atom is 0.277 e. The van der Waals surface area contributed by atoms with Gasteiger partial charge >= 0.3 is 0 Å². The van der Waals surface area contributed by atoms with Gasteiger partial charge in [0.15, 0.2) is 5.69 Å². The van der Waals surface area contributed by atoms with Crippen LogP contribution < -0.4 is 0 Å². The van der Waals surface area contributed by atoms with Gasteiger partial charge in [-0.2, -0.15) is 4.39 Å². The molecule has 1 atom stereocenters. The summed E-state index contributed by atoms with van der Waals surface area (Å²) < 4.78 is 15.8. The molecule has 0 bridgehead atoms. The molecule has 0 radical (unpaired) electrons. The molecule has 1 aliphatic rings. The molecule has 0 unspecified atom stereocenters. The first-order valence-corrected chi connectivity index (χ1v) is 8.98. The zero-order valence-corrected chi connectivity index (χ0v) is 14.8. The zero-order valence-electron chi connectivity index (χ0n) is 14.8. The Hall–Kier alpha value is -2.77. The van der Waals surface area contributed by atoms with E-state index in [0.717, 1.165) is 5.56 Å². The number of aromatic nitrogens is 2. The number of hydrogen-bond acceptors (Lipinski definition) is 4. The average Bonchev–Trinajstić information content (AvgIpc) is 2.90. The number of aliphatic hydroxyl groups is 1. The standard InChI is InChI=1S/C20H21FN4O2/c21-19-18(22-17-8-4-5-9-25(17)19)20(27)24-11-10-23(13-16(26)14-24)12-15-6-2-1-3-7-15/h1-9,16,26H,10-14H2/t16-/m1/s1. The first-order chi connectivity index (χ1) is 13.1. The molecule has 3 heterocycles. The quantitative estimate of drug-likeness (QED) is 0.766. The number of hydrogen-bond donors (Lipinski definition) is 1. The van der Waals surface area contributed by atoms with Crippen LogP contribution in [0.25, 0.3) is 5.65 Å². The fourth-order valence-electron chi connectivity index (χ4n) is 3.48. The van der Waals surface area contributed by atoms with Gasteiger partial charge in [0.25, 0.3) is 5.91 Å². The highest BCUT2D eigenvalue weighted by atomic mass is 19.1. The van der Waals surface area contributed by atoms with Crippen molar-refractivity contribution in [2.45, 2.75) is 12.6 Å². The highest BCUT2D eigenvalue weighted by molar-refractivity contribution is 5.93. The summed E-state index contributed by atoms with van der Waals surface area (Å²) in [5, 5.41) is 10.4. The van der Waals surface area contributed by atoms with Crippen LogP contribution in [0.5, 0.6) is 0 Å². The average molecular weight is 368 g/mol. The highest BCUT2D eigenvalue weighted by Crippen LogP contribution is 2.16. The second-order valence-electron chi connectivity index (χ2n) is 6.81. The van der Waals surface area contributed by atoms with Gasteiger partial charge < -0.3 is 10.0 Å². The number of amides is 1. The Morgan fingerprint density at radius 2 is 1.89 bits per heavy atom. The molecule has 6 nitrogen and oxygen atoms in total. The number of carbonyl (C=O) groups excluding carboxylic acids is 1. The summed E-state index contributed by atoms with van der Waals surface area (Å²) in [4.78, 5) is 20.6. The molecule has 0 spiro atoms. The second-order valence-corrected chi connectivity index (χ2v) is 6.81. The Morgan fingerprint density at radius 1 is 1.11 bits per heavy atom. The van der Waals surface area contributed by atoms with Crippen molar-refractivity contribution in [1.82, 2.24) is 19.2 Å². The number of β-amino-alcohol motifs (C(OH)–C–C–N with tert-alkyl or cyclic N) is 1. The molecule has 0 aliphatic carbocycles. The van der Waals surface area contributed by atoms with E-state index in [1.165, 1.54) is 15.5 Å². The van der Waals surface area contributed by atoms with Crippen molar-refractivity contribution >= 4 is 11.6 Å². The Kier molecular flexibility index (Phi) is 4.87. The summed E-state index contributed by atoms with van der Waals surface area (Å²) in [6.07, 6.45) is 0.841. The van der Waals surface area contributed by atoms with Gasteiger partial charge in [-0.05, 0) is 17.7 Å². The summed E-state index contributed by atoms with van der Waals surface area (Å²) in [5.41, 5.74) is 1.33. The molecule has 1 aromatic carbocycles. The van der Waals surface area contributed by atoms with Crippen LogP contribution in [-0.2, 0) is 6.54 Å². The van der Waals surface area contributed by atoms with E-state index in [4.69, 9.17) is 0 Å². The number of carbonyl (C=O) groups is 1. The fourth-order valence-corrected chi connectivity index (χ4v) is 3.48. The maximum atomic E-state index is 14.6. The number of halogens is 1. The summed E-state index contributed by atoms with van der Waals surface area (Å²) in [7, 11) is 0. The van der Waals surface area contributed by atoms with Gasteiger partial charge in [-0.1, -0.05) is 36.4 Å². The monoisotopic (exact) mass is 368 g/mol. The lowest BCUT2D eigenvalue weighted by molar-refractivity contribution is 0.0653. The summed E-state index contributed by atoms with van der Waals surface area (Å²) >= 11 is 0. The van der Waals surface area contributed by atoms with Crippen LogP contribution in [0.15, 0.2) is 54.7 Å². The molecule has 3 aromatic rings. The van der Waals surface area contributed by atoms with Crippen molar-refractivity contribution in [1.29, 1.82) is 0 Å². The third kappa shape index (κ3) is 3.70. The minimum absolute atomic E-state index is 0.164. The molecule has 1 fully saturated rings. The summed E-state index contributed by atoms with van der Waals surface area (Å²) in [6.45, 7) is 2.34. The molecule has 0 saturated carbocycles. The van der Waals surface area contributed by atoms with Gasteiger partial charge in [-0.3, -0.25) is 14.1 Å². The lowest BCUT2D eigenvalue weighted by Crippen LogP contribution is -2.38. The largest absolute Gasteiger partial charge is 0.390 e. The molecule has 140 valence electrons. The SMILES string of the molecule is O=C(c1nc2ccccn2c1F)N1CCN(Cc2ccccc2)C[C@@H](O)C1. The number of fused-ring (bicyclic) bond motifs is 1. The van der Waals surface area contributed by atoms with Crippen LogP contribution in [0.3, 0.4) is 0 Å². The fraction of sp³-hybridized carbons (Fsp3) is 0.300. The number of benzene rings is 1. The Morgan fingerprint density at radius 3 is 2.67 bits per heavy atom. The van der Waals surface area contributed by atoms with E-state index in [-0.39, 0.29) is 12.2 Å². The van der Waals surface area contributed by atoms with Crippen LogP contribution in [0.1, 0.15) is 16.1 Å². The summed E-state index contributed by atoms with van der Waals surface area (Å²) in [6, 6.07) is 15.1. The first kappa shape index (κ1) is 17.6. The van der Waals surface area contributed by atoms with Crippen molar-refractivity contribution in [3.63, 3.8) is 0 Å². The lowest BCUT2D eigenvalue weighted by Gasteiger charge is -2.21.